The molecule has 0 saturated carbocycles. The van der Waals surface area contributed by atoms with E-state index in [0.29, 0.717) is 27.8 Å². The van der Waals surface area contributed by atoms with Crippen molar-refractivity contribution >= 4 is 10.9 Å². The van der Waals surface area contributed by atoms with Gasteiger partial charge in [-0.25, -0.2) is 4.98 Å². The van der Waals surface area contributed by atoms with Gasteiger partial charge in [0.15, 0.2) is 0 Å². The average molecular weight is 402 g/mol. The molecular formula is C20H17F3N4O2. The van der Waals surface area contributed by atoms with Gasteiger partial charge in [-0.1, -0.05) is 12.1 Å². The summed E-state index contributed by atoms with van der Waals surface area (Å²) in [7, 11) is 0. The van der Waals surface area contributed by atoms with Gasteiger partial charge in [0.1, 0.15) is 12.3 Å². The topological polar surface area (TPSA) is 76.1 Å². The van der Waals surface area contributed by atoms with Crippen LogP contribution in [0.2, 0.25) is 0 Å². The Kier molecular flexibility index (Phi) is 4.25. The quantitative estimate of drug-likeness (QED) is 0.530. The first kappa shape index (κ1) is 18.9. The van der Waals surface area contributed by atoms with Crippen molar-refractivity contribution in [1.29, 1.82) is 0 Å². The van der Waals surface area contributed by atoms with Crippen molar-refractivity contribution in [3.8, 4) is 28.6 Å². The first-order valence-corrected chi connectivity index (χ1v) is 8.73. The maximum atomic E-state index is 12.6. The van der Waals surface area contributed by atoms with E-state index in [1.165, 1.54) is 17.0 Å². The molecule has 2 N–H and O–H groups in total. The van der Waals surface area contributed by atoms with Crippen LogP contribution in [0, 0.1) is 13.8 Å². The van der Waals surface area contributed by atoms with E-state index >= 15 is 0 Å². The second-order valence-electron chi connectivity index (χ2n) is 6.92. The molecule has 0 aliphatic carbocycles. The van der Waals surface area contributed by atoms with E-state index in [9.17, 15) is 23.4 Å². The van der Waals surface area contributed by atoms with Crippen LogP contribution in [0.1, 0.15) is 11.1 Å². The van der Waals surface area contributed by atoms with Crippen molar-refractivity contribution in [1.82, 2.24) is 19.3 Å². The molecule has 4 rings (SSSR count). The number of rotatable bonds is 3. The molecule has 0 aliphatic heterocycles. The van der Waals surface area contributed by atoms with Crippen LogP contribution in [-0.2, 0) is 6.54 Å². The minimum atomic E-state index is -4.39. The Morgan fingerprint density at radius 2 is 1.79 bits per heavy atom. The third kappa shape index (κ3) is 3.51. The molecule has 0 atom stereocenters. The highest BCUT2D eigenvalue weighted by Crippen LogP contribution is 2.35. The number of aromatic hydroxyl groups is 2. The SMILES string of the molecule is Cc1ccc(-c2cc(C)c3c(O)n(-c4cnn(CC(F)(F)F)c4)cc3n2)cc1O. The zero-order chi connectivity index (χ0) is 20.9. The van der Waals surface area contributed by atoms with Crippen LogP contribution in [0.4, 0.5) is 13.2 Å². The fourth-order valence-corrected chi connectivity index (χ4v) is 3.25. The van der Waals surface area contributed by atoms with Gasteiger partial charge >= 0.3 is 6.18 Å². The summed E-state index contributed by atoms with van der Waals surface area (Å²) in [4.78, 5) is 4.55. The van der Waals surface area contributed by atoms with E-state index in [4.69, 9.17) is 0 Å². The second kappa shape index (κ2) is 6.54. The minimum Gasteiger partial charge on any atom is -0.508 e. The van der Waals surface area contributed by atoms with Gasteiger partial charge in [-0.15, -0.1) is 0 Å². The number of fused-ring (bicyclic) bond motifs is 1. The molecule has 0 fully saturated rings. The van der Waals surface area contributed by atoms with Gasteiger partial charge in [0.25, 0.3) is 0 Å². The van der Waals surface area contributed by atoms with Gasteiger partial charge in [0.05, 0.1) is 28.5 Å². The molecule has 0 bridgehead atoms. The first-order chi connectivity index (χ1) is 13.6. The molecule has 1 aromatic carbocycles. The summed E-state index contributed by atoms with van der Waals surface area (Å²) < 4.78 is 39.8. The van der Waals surface area contributed by atoms with Crippen LogP contribution in [-0.4, -0.2) is 35.7 Å². The predicted octanol–water partition coefficient (Wildman–Crippen LogP) is 4.48. The largest absolute Gasteiger partial charge is 0.508 e. The molecule has 0 unspecified atom stereocenters. The lowest BCUT2D eigenvalue weighted by atomic mass is 10.1. The molecule has 150 valence electrons. The van der Waals surface area contributed by atoms with Gasteiger partial charge < -0.3 is 10.2 Å². The van der Waals surface area contributed by atoms with E-state index in [0.717, 1.165) is 15.8 Å². The molecular weight excluding hydrogens is 385 g/mol. The number of hydrogen-bond donors (Lipinski definition) is 2. The maximum absolute atomic E-state index is 12.6. The minimum absolute atomic E-state index is 0.130. The Morgan fingerprint density at radius 3 is 2.48 bits per heavy atom. The highest BCUT2D eigenvalue weighted by Gasteiger charge is 2.28. The number of hydrogen-bond acceptors (Lipinski definition) is 4. The molecule has 9 heteroatoms. The summed E-state index contributed by atoms with van der Waals surface area (Å²) in [5.74, 6) is 0.0226. The lowest BCUT2D eigenvalue weighted by Crippen LogP contribution is -2.17. The summed E-state index contributed by atoms with van der Waals surface area (Å²) in [5.41, 5.74) is 3.56. The Hall–Kier alpha value is -3.49. The van der Waals surface area contributed by atoms with Crippen LogP contribution >= 0.6 is 0 Å². The monoisotopic (exact) mass is 402 g/mol. The Labute approximate surface area is 163 Å². The number of aryl methyl sites for hydroxylation is 2. The van der Waals surface area contributed by atoms with Crippen LogP contribution < -0.4 is 0 Å². The van der Waals surface area contributed by atoms with Crippen LogP contribution in [0.5, 0.6) is 11.6 Å². The molecule has 0 radical (unpaired) electrons. The molecule has 3 heterocycles. The fourth-order valence-electron chi connectivity index (χ4n) is 3.25. The van der Waals surface area contributed by atoms with Gasteiger partial charge in [-0.3, -0.25) is 9.25 Å². The normalized spacial score (nSPS) is 12.0. The number of phenols is 1. The number of pyridine rings is 1. The highest BCUT2D eigenvalue weighted by atomic mass is 19.4. The number of aromatic nitrogens is 4. The average Bonchev–Trinajstić information content (AvgIpc) is 3.20. The summed E-state index contributed by atoms with van der Waals surface area (Å²) in [6.07, 6.45) is -0.386. The van der Waals surface area contributed by atoms with E-state index < -0.39 is 12.7 Å². The second-order valence-corrected chi connectivity index (χ2v) is 6.92. The van der Waals surface area contributed by atoms with E-state index in [2.05, 4.69) is 10.1 Å². The lowest BCUT2D eigenvalue weighted by Gasteiger charge is -2.06. The molecule has 4 aromatic rings. The summed E-state index contributed by atoms with van der Waals surface area (Å²) in [5, 5.41) is 24.8. The van der Waals surface area contributed by atoms with Crippen LogP contribution in [0.15, 0.2) is 42.9 Å². The van der Waals surface area contributed by atoms with E-state index in [-0.39, 0.29) is 11.6 Å². The lowest BCUT2D eigenvalue weighted by molar-refractivity contribution is -0.142. The smallest absolute Gasteiger partial charge is 0.408 e. The highest BCUT2D eigenvalue weighted by molar-refractivity contribution is 5.90. The molecule has 29 heavy (non-hydrogen) atoms. The van der Waals surface area contributed by atoms with Gasteiger partial charge in [0.2, 0.25) is 5.88 Å². The van der Waals surface area contributed by atoms with Crippen molar-refractivity contribution in [3.63, 3.8) is 0 Å². The number of alkyl halides is 3. The van der Waals surface area contributed by atoms with Gasteiger partial charge in [-0.05, 0) is 37.1 Å². The number of phenolic OH excluding ortho intramolecular Hbond substituents is 1. The standard InChI is InChI=1S/C20H17F3N4O2/c1-11-3-4-13(6-17(11)28)15-5-12(2)18-16(25-15)9-27(19(18)29)14-7-24-26(8-14)10-20(21,22)23/h3-9,28-29H,10H2,1-2H3. The van der Waals surface area contributed by atoms with Crippen molar-refractivity contribution in [2.45, 2.75) is 26.6 Å². The van der Waals surface area contributed by atoms with E-state index in [1.54, 1.807) is 38.2 Å². The predicted molar refractivity (Wildman–Crippen MR) is 101 cm³/mol. The zero-order valence-electron chi connectivity index (χ0n) is 15.6. The Morgan fingerprint density at radius 1 is 1.03 bits per heavy atom. The summed E-state index contributed by atoms with van der Waals surface area (Å²) >= 11 is 0. The molecule has 0 spiro atoms. The number of nitrogens with zero attached hydrogens (tertiary/aromatic N) is 4. The van der Waals surface area contributed by atoms with Gasteiger partial charge in [0, 0.05) is 18.0 Å². The third-order valence-electron chi connectivity index (χ3n) is 4.69. The molecule has 0 amide bonds. The first-order valence-electron chi connectivity index (χ1n) is 8.73. The zero-order valence-corrected chi connectivity index (χ0v) is 15.6. The Balaban J connectivity index is 1.79. The molecule has 0 saturated heterocycles. The van der Waals surface area contributed by atoms with Crippen molar-refractivity contribution in [2.24, 2.45) is 0 Å². The van der Waals surface area contributed by atoms with E-state index in [1.807, 2.05) is 6.07 Å². The third-order valence-corrected chi connectivity index (χ3v) is 4.69. The van der Waals surface area contributed by atoms with Gasteiger partial charge in [-0.2, -0.15) is 18.3 Å². The fraction of sp³-hybridized carbons (Fsp3) is 0.200. The number of benzene rings is 1. The Bertz CT molecular complexity index is 1220. The molecule has 3 aromatic heterocycles. The van der Waals surface area contributed by atoms with Crippen molar-refractivity contribution < 1.29 is 23.4 Å². The van der Waals surface area contributed by atoms with Crippen LogP contribution in [0.25, 0.3) is 27.8 Å². The molecule has 0 aliphatic rings. The molecule has 6 nitrogen and oxygen atoms in total. The van der Waals surface area contributed by atoms with Crippen LogP contribution in [0.3, 0.4) is 0 Å². The van der Waals surface area contributed by atoms with Crippen molar-refractivity contribution in [3.05, 3.63) is 54.0 Å². The summed E-state index contributed by atoms with van der Waals surface area (Å²) in [6, 6.07) is 7.01. The number of halogens is 3. The summed E-state index contributed by atoms with van der Waals surface area (Å²) in [6.45, 7) is 2.38. The van der Waals surface area contributed by atoms with Crippen molar-refractivity contribution in [2.75, 3.05) is 0 Å². The maximum Gasteiger partial charge on any atom is 0.408 e.